The number of fused-ring (bicyclic) bond motifs is 2. The van der Waals surface area contributed by atoms with Crippen LogP contribution < -0.4 is 20.1 Å². The molecule has 0 unspecified atom stereocenters. The number of nitrogens with one attached hydrogen (secondary N) is 2. The van der Waals surface area contributed by atoms with E-state index in [1.807, 2.05) is 50.3 Å². The van der Waals surface area contributed by atoms with Crippen LogP contribution in [0.5, 0.6) is 11.5 Å². The van der Waals surface area contributed by atoms with Crippen LogP contribution in [-0.4, -0.2) is 71.8 Å². The summed E-state index contributed by atoms with van der Waals surface area (Å²) in [7, 11) is 3.21. The Morgan fingerprint density at radius 3 is 1.20 bits per heavy atom. The van der Waals surface area contributed by atoms with Crippen molar-refractivity contribution in [3.63, 3.8) is 0 Å². The van der Waals surface area contributed by atoms with Gasteiger partial charge in [-0.2, -0.15) is 0 Å². The number of carbonyl (C=O) groups is 4. The first-order valence-corrected chi connectivity index (χ1v) is 20.2. The average Bonchev–Trinajstić information content (AvgIpc) is 3.24. The van der Waals surface area contributed by atoms with Crippen molar-refractivity contribution in [1.82, 2.24) is 20.4 Å². The number of hydrogen-bond donors (Lipinski definition) is 2. The van der Waals surface area contributed by atoms with Crippen molar-refractivity contribution in [2.75, 3.05) is 14.1 Å². The van der Waals surface area contributed by atoms with Gasteiger partial charge < -0.3 is 29.9 Å². The predicted molar refractivity (Wildman–Crippen MR) is 227 cm³/mol. The SMILES string of the molecule is C[C@H]1C/C=C/C[C@H](c2ccc(F)cc2)NC(=O)[C@H](C)N(C)C(=O)c2ccccc2O1.C[C@H]1C/C=C\C[C@H](c2ccc(F)cc2)NC(=O)[C@H](C)N(C)C(=O)c2ccccc2O1. The Kier molecular flexibility index (Phi) is 15.8. The Labute approximate surface area is 351 Å². The number of carbonyl (C=O) groups excluding carboxylic acids is 4. The van der Waals surface area contributed by atoms with Gasteiger partial charge >= 0.3 is 0 Å². The summed E-state index contributed by atoms with van der Waals surface area (Å²) in [6.45, 7) is 7.26. The average molecular weight is 821 g/mol. The Morgan fingerprint density at radius 2 is 0.833 bits per heavy atom. The van der Waals surface area contributed by atoms with E-state index in [0.717, 1.165) is 11.1 Å². The molecule has 0 saturated carbocycles. The molecule has 0 aliphatic carbocycles. The maximum Gasteiger partial charge on any atom is 0.258 e. The number of halogens is 2. The summed E-state index contributed by atoms with van der Waals surface area (Å²) in [6.07, 6.45) is 10.1. The van der Waals surface area contributed by atoms with Gasteiger partial charge in [0.15, 0.2) is 0 Å². The largest absolute Gasteiger partial charge is 0.490 e. The highest BCUT2D eigenvalue weighted by molar-refractivity contribution is 6.00. The molecule has 12 heteroatoms. The first kappa shape index (κ1) is 44.8. The van der Waals surface area contributed by atoms with E-state index < -0.39 is 12.1 Å². The molecule has 10 nitrogen and oxygen atoms in total. The van der Waals surface area contributed by atoms with E-state index in [1.165, 1.54) is 34.1 Å². The van der Waals surface area contributed by atoms with Gasteiger partial charge in [0, 0.05) is 26.9 Å². The molecule has 316 valence electrons. The van der Waals surface area contributed by atoms with E-state index in [9.17, 15) is 28.0 Å². The van der Waals surface area contributed by atoms with Crippen LogP contribution in [0.15, 0.2) is 121 Å². The molecule has 0 spiro atoms. The molecule has 0 saturated heterocycles. The highest BCUT2D eigenvalue weighted by atomic mass is 19.1. The Morgan fingerprint density at radius 1 is 0.500 bits per heavy atom. The van der Waals surface area contributed by atoms with Crippen molar-refractivity contribution in [1.29, 1.82) is 0 Å². The van der Waals surface area contributed by atoms with Gasteiger partial charge in [0.1, 0.15) is 35.2 Å². The summed E-state index contributed by atoms with van der Waals surface area (Å²) in [5.41, 5.74) is 2.44. The summed E-state index contributed by atoms with van der Waals surface area (Å²) < 4.78 is 38.7. The molecule has 4 aromatic carbocycles. The summed E-state index contributed by atoms with van der Waals surface area (Å²) in [4.78, 5) is 54.8. The third kappa shape index (κ3) is 11.9. The van der Waals surface area contributed by atoms with Crippen molar-refractivity contribution in [3.05, 3.63) is 155 Å². The highest BCUT2D eigenvalue weighted by Crippen LogP contribution is 2.26. The number of ether oxygens (including phenoxy) is 2. The number of hydrogen-bond acceptors (Lipinski definition) is 6. The smallest absolute Gasteiger partial charge is 0.258 e. The maximum atomic E-state index is 13.3. The van der Waals surface area contributed by atoms with Crippen LogP contribution in [0.1, 0.15) is 97.3 Å². The van der Waals surface area contributed by atoms with Gasteiger partial charge in [-0.15, -0.1) is 0 Å². The second kappa shape index (κ2) is 21.1. The number of nitrogens with zero attached hydrogens (tertiary/aromatic N) is 2. The van der Waals surface area contributed by atoms with E-state index in [4.69, 9.17) is 9.47 Å². The Hall–Kier alpha value is -6.30. The van der Waals surface area contributed by atoms with Gasteiger partial charge in [0.25, 0.3) is 11.8 Å². The summed E-state index contributed by atoms with van der Waals surface area (Å²) in [5, 5.41) is 6.01. The lowest BCUT2D eigenvalue weighted by molar-refractivity contribution is -0.126. The van der Waals surface area contributed by atoms with Crippen LogP contribution in [-0.2, 0) is 9.59 Å². The van der Waals surface area contributed by atoms with Gasteiger partial charge in [-0.3, -0.25) is 19.2 Å². The maximum absolute atomic E-state index is 13.3. The standard InChI is InChI=1S/2C24H27FN2O3/c2*1-16-8-4-6-10-21(18-12-14-19(25)15-13-18)26-23(28)17(2)27(3)24(29)20-9-5-7-11-22(20)30-16/h2*4-7,9,11-17,21H,8,10H2,1-3H3,(H,26,28)/b6-4+;6-4-/t2*16-,17-,21+/m00/s1. The highest BCUT2D eigenvalue weighted by Gasteiger charge is 2.29. The zero-order valence-corrected chi connectivity index (χ0v) is 34.9. The van der Waals surface area contributed by atoms with Crippen LogP contribution in [0, 0.1) is 11.6 Å². The molecule has 0 aromatic heterocycles. The fourth-order valence-corrected chi connectivity index (χ4v) is 6.68. The third-order valence-electron chi connectivity index (χ3n) is 10.6. The predicted octanol–water partition coefficient (Wildman–Crippen LogP) is 8.52. The minimum atomic E-state index is -0.696. The van der Waals surface area contributed by atoms with Crippen molar-refractivity contribution in [2.24, 2.45) is 0 Å². The normalized spacial score (nSPS) is 24.3. The quantitative estimate of drug-likeness (QED) is 0.196. The molecule has 4 aromatic rings. The van der Waals surface area contributed by atoms with Crippen LogP contribution in [0.25, 0.3) is 0 Å². The molecule has 2 aliphatic rings. The molecule has 0 bridgehead atoms. The van der Waals surface area contributed by atoms with Crippen molar-refractivity contribution in [2.45, 2.75) is 89.8 Å². The Bertz CT molecular complexity index is 2010. The molecule has 0 radical (unpaired) electrons. The molecule has 6 atom stereocenters. The minimum Gasteiger partial charge on any atom is -0.490 e. The summed E-state index contributed by atoms with van der Waals surface area (Å²) in [5.74, 6) is -0.782. The Balaban J connectivity index is 0.000000228. The van der Waals surface area contributed by atoms with Gasteiger partial charge in [-0.25, -0.2) is 8.78 Å². The number of para-hydroxylation sites is 2. The fourth-order valence-electron chi connectivity index (χ4n) is 6.68. The van der Waals surface area contributed by atoms with Crippen LogP contribution in [0.2, 0.25) is 0 Å². The zero-order valence-electron chi connectivity index (χ0n) is 34.9. The van der Waals surface area contributed by atoms with E-state index in [1.54, 1.807) is 88.6 Å². The van der Waals surface area contributed by atoms with Gasteiger partial charge in [-0.05, 0) is 100 Å². The van der Waals surface area contributed by atoms with Crippen LogP contribution in [0.4, 0.5) is 8.78 Å². The van der Waals surface area contributed by atoms with E-state index in [2.05, 4.69) is 10.6 Å². The molecule has 2 heterocycles. The van der Waals surface area contributed by atoms with Crippen molar-refractivity contribution >= 4 is 23.6 Å². The van der Waals surface area contributed by atoms with Crippen molar-refractivity contribution in [3.8, 4) is 11.5 Å². The molecule has 6 rings (SSSR count). The first-order chi connectivity index (χ1) is 28.7. The lowest BCUT2D eigenvalue weighted by atomic mass is 10.0. The number of rotatable bonds is 2. The first-order valence-electron chi connectivity index (χ1n) is 20.2. The minimum absolute atomic E-state index is 0.125. The van der Waals surface area contributed by atoms with Gasteiger partial charge in [0.05, 0.1) is 35.4 Å². The second-order valence-electron chi connectivity index (χ2n) is 15.1. The fraction of sp³-hybridized carbons (Fsp3) is 0.333. The molecular formula is C48H54F2N4O6. The molecule has 60 heavy (non-hydrogen) atoms. The molecular weight excluding hydrogens is 767 g/mol. The van der Waals surface area contributed by atoms with Crippen molar-refractivity contribution < 1.29 is 37.4 Å². The number of benzene rings is 4. The van der Waals surface area contributed by atoms with Crippen LogP contribution in [0.3, 0.4) is 0 Å². The topological polar surface area (TPSA) is 117 Å². The molecule has 2 N–H and O–H groups in total. The number of amides is 4. The molecule has 4 amide bonds. The molecule has 2 aliphatic heterocycles. The molecule has 0 fully saturated rings. The lowest BCUT2D eigenvalue weighted by Gasteiger charge is -2.28. The van der Waals surface area contributed by atoms with Crippen LogP contribution >= 0.6 is 0 Å². The second-order valence-corrected chi connectivity index (χ2v) is 15.1. The number of likely N-dealkylation sites (N-methyl/N-ethyl adjacent to an activating group) is 2. The monoisotopic (exact) mass is 820 g/mol. The van der Waals surface area contributed by atoms with Gasteiger partial charge in [0.2, 0.25) is 11.8 Å². The lowest BCUT2D eigenvalue weighted by Crippen LogP contribution is -2.47. The van der Waals surface area contributed by atoms with E-state index in [-0.39, 0.29) is 59.6 Å². The third-order valence-corrected chi connectivity index (χ3v) is 10.6. The van der Waals surface area contributed by atoms with Gasteiger partial charge in [-0.1, -0.05) is 72.8 Å². The van der Waals surface area contributed by atoms with E-state index >= 15 is 0 Å². The summed E-state index contributed by atoms with van der Waals surface area (Å²) >= 11 is 0. The summed E-state index contributed by atoms with van der Waals surface area (Å²) in [6, 6.07) is 24.3. The zero-order chi connectivity index (χ0) is 43.3. The van der Waals surface area contributed by atoms with E-state index in [0.29, 0.717) is 48.3 Å².